The third kappa shape index (κ3) is 22.2. The highest BCUT2D eigenvalue weighted by Crippen LogP contribution is 2.25. The van der Waals surface area contributed by atoms with Crippen LogP contribution < -0.4 is 11.5 Å². The maximum absolute atomic E-state index is 12.1. The van der Waals surface area contributed by atoms with E-state index in [0.717, 1.165) is 25.7 Å². The van der Waals surface area contributed by atoms with E-state index in [-0.39, 0.29) is 11.8 Å². The average molecular weight is 509 g/mol. The molecule has 0 aliphatic carbocycles. The Hall–Kier alpha value is -1.06. The molecule has 4 heteroatoms. The molecule has 0 radical (unpaired) electrons. The standard InChI is InChI=1S/C32H64N2O2/c1-3-5-7-9-11-13-15-17-19-21-23-25-27-29(31(33)35)30(32(34)36)28-26-24-22-20-18-16-14-12-10-8-6-4-2/h29-30H,3-28H2,1-2H3,(H2,33,35)(H2,34,36). The largest absolute Gasteiger partial charge is 0.369 e. The molecule has 4 N–H and O–H groups in total. The van der Waals surface area contributed by atoms with Crippen LogP contribution in [0.2, 0.25) is 0 Å². The van der Waals surface area contributed by atoms with Crippen molar-refractivity contribution in [2.75, 3.05) is 0 Å². The van der Waals surface area contributed by atoms with Gasteiger partial charge in [-0.15, -0.1) is 0 Å². The minimum Gasteiger partial charge on any atom is -0.369 e. The Morgan fingerprint density at radius 3 is 0.778 bits per heavy atom. The first-order valence-corrected chi connectivity index (χ1v) is 16.1. The van der Waals surface area contributed by atoms with Crippen LogP contribution in [0.15, 0.2) is 0 Å². The van der Waals surface area contributed by atoms with Crippen molar-refractivity contribution in [3.05, 3.63) is 0 Å². The molecule has 0 spiro atoms. The van der Waals surface area contributed by atoms with Crippen LogP contribution in [-0.4, -0.2) is 11.8 Å². The van der Waals surface area contributed by atoms with Gasteiger partial charge in [0.25, 0.3) is 0 Å². The van der Waals surface area contributed by atoms with Crippen molar-refractivity contribution in [2.45, 2.75) is 181 Å². The zero-order valence-corrected chi connectivity index (χ0v) is 24.5. The lowest BCUT2D eigenvalue weighted by Gasteiger charge is -2.22. The van der Waals surface area contributed by atoms with Crippen LogP contribution >= 0.6 is 0 Å². The summed E-state index contributed by atoms with van der Waals surface area (Å²) in [6.45, 7) is 4.53. The summed E-state index contributed by atoms with van der Waals surface area (Å²) in [5.41, 5.74) is 11.4. The molecule has 0 aromatic rings. The molecule has 0 fully saturated rings. The molecule has 0 aromatic heterocycles. The molecule has 0 aliphatic heterocycles. The molecule has 4 nitrogen and oxygen atoms in total. The van der Waals surface area contributed by atoms with Crippen LogP contribution in [0.4, 0.5) is 0 Å². The second-order valence-electron chi connectivity index (χ2n) is 11.4. The highest BCUT2D eigenvalue weighted by molar-refractivity contribution is 5.85. The van der Waals surface area contributed by atoms with Crippen LogP contribution in [0.25, 0.3) is 0 Å². The molecular formula is C32H64N2O2. The fourth-order valence-electron chi connectivity index (χ4n) is 5.49. The number of carbonyl (C=O) groups is 2. The molecule has 2 atom stereocenters. The van der Waals surface area contributed by atoms with Gasteiger partial charge in [-0.3, -0.25) is 9.59 Å². The molecule has 0 saturated carbocycles. The number of rotatable bonds is 29. The Balaban J connectivity index is 3.88. The second-order valence-corrected chi connectivity index (χ2v) is 11.4. The number of carbonyl (C=O) groups excluding carboxylic acids is 2. The third-order valence-corrected chi connectivity index (χ3v) is 7.95. The number of hydrogen-bond acceptors (Lipinski definition) is 2. The maximum atomic E-state index is 12.1. The van der Waals surface area contributed by atoms with E-state index in [9.17, 15) is 9.59 Å². The van der Waals surface area contributed by atoms with Gasteiger partial charge in [-0.05, 0) is 12.8 Å². The highest BCUT2D eigenvalue weighted by atomic mass is 16.2. The summed E-state index contributed by atoms with van der Waals surface area (Å²) in [6, 6.07) is 0. The van der Waals surface area contributed by atoms with Crippen molar-refractivity contribution in [2.24, 2.45) is 23.3 Å². The molecular weight excluding hydrogens is 444 g/mol. The SMILES string of the molecule is CCCCCCCCCCCCCCC(C(N)=O)C(CCCCCCCCCCCCCC)C(N)=O. The lowest BCUT2D eigenvalue weighted by Crippen LogP contribution is -2.37. The van der Waals surface area contributed by atoms with E-state index in [4.69, 9.17) is 11.5 Å². The fraction of sp³-hybridized carbons (Fsp3) is 0.938. The lowest BCUT2D eigenvalue weighted by atomic mass is 9.83. The van der Waals surface area contributed by atoms with E-state index in [2.05, 4.69) is 13.8 Å². The van der Waals surface area contributed by atoms with E-state index >= 15 is 0 Å². The van der Waals surface area contributed by atoms with Gasteiger partial charge in [-0.25, -0.2) is 0 Å². The average Bonchev–Trinajstić information content (AvgIpc) is 2.85. The van der Waals surface area contributed by atoms with Crippen LogP contribution in [0, 0.1) is 11.8 Å². The number of nitrogens with two attached hydrogens (primary N) is 2. The molecule has 0 aromatic carbocycles. The third-order valence-electron chi connectivity index (χ3n) is 7.95. The van der Waals surface area contributed by atoms with Gasteiger partial charge in [-0.2, -0.15) is 0 Å². The molecule has 214 valence electrons. The van der Waals surface area contributed by atoms with Gasteiger partial charge in [0.2, 0.25) is 11.8 Å². The van der Waals surface area contributed by atoms with Gasteiger partial charge < -0.3 is 11.5 Å². The molecule has 0 bridgehead atoms. The molecule has 0 aliphatic rings. The van der Waals surface area contributed by atoms with Crippen molar-refractivity contribution in [3.63, 3.8) is 0 Å². The topological polar surface area (TPSA) is 86.2 Å². The van der Waals surface area contributed by atoms with Crippen molar-refractivity contribution < 1.29 is 9.59 Å². The summed E-state index contributed by atoms with van der Waals surface area (Å²) in [7, 11) is 0. The van der Waals surface area contributed by atoms with E-state index in [1.807, 2.05) is 0 Å². The van der Waals surface area contributed by atoms with Gasteiger partial charge in [0.1, 0.15) is 0 Å². The first-order chi connectivity index (χ1) is 17.5. The number of primary amides is 2. The molecule has 0 heterocycles. The Kier molecular flexibility index (Phi) is 26.2. The van der Waals surface area contributed by atoms with Crippen LogP contribution in [-0.2, 0) is 9.59 Å². The molecule has 2 unspecified atom stereocenters. The Bertz CT molecular complexity index is 451. The van der Waals surface area contributed by atoms with Gasteiger partial charge in [-0.1, -0.05) is 168 Å². The van der Waals surface area contributed by atoms with Crippen molar-refractivity contribution >= 4 is 11.8 Å². The highest BCUT2D eigenvalue weighted by Gasteiger charge is 2.29. The van der Waals surface area contributed by atoms with Crippen LogP contribution in [0.3, 0.4) is 0 Å². The van der Waals surface area contributed by atoms with Gasteiger partial charge >= 0.3 is 0 Å². The monoisotopic (exact) mass is 508 g/mol. The number of unbranched alkanes of at least 4 members (excludes halogenated alkanes) is 22. The van der Waals surface area contributed by atoms with E-state index in [1.165, 1.54) is 128 Å². The Morgan fingerprint density at radius 1 is 0.389 bits per heavy atom. The predicted octanol–water partition coefficient (Wildman–Crippen LogP) is 9.37. The molecule has 2 amide bonds. The summed E-state index contributed by atoms with van der Waals surface area (Å²) in [5.74, 6) is -1.47. The summed E-state index contributed by atoms with van der Waals surface area (Å²) < 4.78 is 0. The number of amides is 2. The fourth-order valence-corrected chi connectivity index (χ4v) is 5.49. The Morgan fingerprint density at radius 2 is 0.583 bits per heavy atom. The molecule has 36 heavy (non-hydrogen) atoms. The van der Waals surface area contributed by atoms with Gasteiger partial charge in [0.05, 0.1) is 0 Å². The summed E-state index contributed by atoms with van der Waals surface area (Å²) >= 11 is 0. The summed E-state index contributed by atoms with van der Waals surface area (Å²) in [6.07, 6.45) is 32.3. The van der Waals surface area contributed by atoms with Crippen molar-refractivity contribution in [1.29, 1.82) is 0 Å². The molecule has 0 rings (SSSR count). The quantitative estimate of drug-likeness (QED) is 0.0986. The smallest absolute Gasteiger partial charge is 0.221 e. The minimum atomic E-state index is -0.390. The number of hydrogen-bond donors (Lipinski definition) is 2. The predicted molar refractivity (Wildman–Crippen MR) is 157 cm³/mol. The molecule has 0 saturated heterocycles. The van der Waals surface area contributed by atoms with Gasteiger partial charge in [0, 0.05) is 11.8 Å². The van der Waals surface area contributed by atoms with Crippen LogP contribution in [0.5, 0.6) is 0 Å². The zero-order valence-electron chi connectivity index (χ0n) is 24.5. The van der Waals surface area contributed by atoms with E-state index < -0.39 is 11.8 Å². The van der Waals surface area contributed by atoms with E-state index in [0.29, 0.717) is 12.8 Å². The summed E-state index contributed by atoms with van der Waals surface area (Å²) in [4.78, 5) is 24.2. The van der Waals surface area contributed by atoms with Crippen LogP contribution in [0.1, 0.15) is 181 Å². The van der Waals surface area contributed by atoms with Crippen molar-refractivity contribution in [3.8, 4) is 0 Å². The normalized spacial score (nSPS) is 13.1. The second kappa shape index (κ2) is 27.0. The minimum absolute atomic E-state index is 0.346. The Labute approximate surface area is 225 Å². The maximum Gasteiger partial charge on any atom is 0.221 e. The first kappa shape index (κ1) is 34.9. The first-order valence-electron chi connectivity index (χ1n) is 16.1. The summed E-state index contributed by atoms with van der Waals surface area (Å²) in [5, 5.41) is 0. The van der Waals surface area contributed by atoms with Crippen molar-refractivity contribution in [1.82, 2.24) is 0 Å². The lowest BCUT2D eigenvalue weighted by molar-refractivity contribution is -0.132. The van der Waals surface area contributed by atoms with E-state index in [1.54, 1.807) is 0 Å². The van der Waals surface area contributed by atoms with Gasteiger partial charge in [0.15, 0.2) is 0 Å². The zero-order chi connectivity index (χ0) is 26.7.